The maximum Gasteiger partial charge on any atom is 0.410 e. The number of carbonyl (C=O) groups is 2. The van der Waals surface area contributed by atoms with Crippen LogP contribution in [-0.4, -0.2) is 46.4 Å². The fraction of sp³-hybridized carbons (Fsp3) is 0.529. The van der Waals surface area contributed by atoms with Gasteiger partial charge in [-0.15, -0.1) is 0 Å². The molecule has 1 aromatic rings. The number of ether oxygens (including phenoxy) is 2. The molecule has 1 aromatic carbocycles. The largest absolute Gasteiger partial charge is 0.458 e. The van der Waals surface area contributed by atoms with Gasteiger partial charge in [-0.25, -0.2) is 9.59 Å². The Labute approximate surface area is 136 Å². The first-order chi connectivity index (χ1) is 10.8. The van der Waals surface area contributed by atoms with Gasteiger partial charge in [0.15, 0.2) is 0 Å². The van der Waals surface area contributed by atoms with Crippen molar-refractivity contribution in [2.24, 2.45) is 0 Å². The second kappa shape index (κ2) is 7.00. The van der Waals surface area contributed by atoms with E-state index < -0.39 is 29.8 Å². The molecular formula is C17H23NO5. The average Bonchev–Trinajstić information content (AvgIpc) is 2.86. The molecule has 23 heavy (non-hydrogen) atoms. The van der Waals surface area contributed by atoms with Crippen molar-refractivity contribution in [1.29, 1.82) is 0 Å². The van der Waals surface area contributed by atoms with E-state index in [2.05, 4.69) is 0 Å². The Bertz CT molecular complexity index is 552. The van der Waals surface area contributed by atoms with Gasteiger partial charge < -0.3 is 14.6 Å². The van der Waals surface area contributed by atoms with Crippen molar-refractivity contribution in [3.8, 4) is 0 Å². The van der Waals surface area contributed by atoms with Crippen LogP contribution < -0.4 is 0 Å². The molecule has 1 N–H and O–H groups in total. The number of amides is 1. The van der Waals surface area contributed by atoms with Crippen LogP contribution in [0, 0.1) is 0 Å². The van der Waals surface area contributed by atoms with E-state index in [0.29, 0.717) is 0 Å². The number of carbonyl (C=O) groups excluding carboxylic acids is 2. The number of aliphatic hydroxyl groups excluding tert-OH is 1. The van der Waals surface area contributed by atoms with E-state index in [9.17, 15) is 14.7 Å². The fourth-order valence-corrected chi connectivity index (χ4v) is 2.41. The molecule has 1 saturated heterocycles. The lowest BCUT2D eigenvalue weighted by Crippen LogP contribution is -2.43. The molecule has 1 fully saturated rings. The topological polar surface area (TPSA) is 76.1 Å². The first-order valence-corrected chi connectivity index (χ1v) is 7.64. The summed E-state index contributed by atoms with van der Waals surface area (Å²) in [5, 5.41) is 9.79. The third-order valence-corrected chi connectivity index (χ3v) is 3.40. The third-order valence-electron chi connectivity index (χ3n) is 3.40. The minimum Gasteiger partial charge on any atom is -0.458 e. The van der Waals surface area contributed by atoms with E-state index in [4.69, 9.17) is 9.47 Å². The smallest absolute Gasteiger partial charge is 0.410 e. The summed E-state index contributed by atoms with van der Waals surface area (Å²) in [6.45, 7) is 5.46. The van der Waals surface area contributed by atoms with Gasteiger partial charge in [0.2, 0.25) is 0 Å². The highest BCUT2D eigenvalue weighted by Gasteiger charge is 2.41. The lowest BCUT2D eigenvalue weighted by molar-refractivity contribution is -0.159. The van der Waals surface area contributed by atoms with Gasteiger partial charge in [-0.05, 0) is 26.3 Å². The molecule has 0 saturated carbocycles. The Kier molecular flexibility index (Phi) is 5.26. The molecule has 1 aliphatic rings. The summed E-state index contributed by atoms with van der Waals surface area (Å²) in [6, 6.07) is 8.46. The van der Waals surface area contributed by atoms with Crippen molar-refractivity contribution in [3.63, 3.8) is 0 Å². The highest BCUT2D eigenvalue weighted by atomic mass is 16.6. The van der Waals surface area contributed by atoms with Crippen molar-refractivity contribution in [3.05, 3.63) is 35.9 Å². The number of nitrogens with zero attached hydrogens (tertiary/aromatic N) is 1. The summed E-state index contributed by atoms with van der Waals surface area (Å²) in [6.07, 6.45) is -1.21. The minimum atomic E-state index is -0.813. The molecule has 0 radical (unpaired) electrons. The highest BCUT2D eigenvalue weighted by molar-refractivity contribution is 5.82. The lowest BCUT2D eigenvalue weighted by Gasteiger charge is -2.26. The summed E-state index contributed by atoms with van der Waals surface area (Å²) in [5.74, 6) is -0.522. The van der Waals surface area contributed by atoms with Crippen LogP contribution in [0.3, 0.4) is 0 Å². The standard InChI is InChI=1S/C17H23NO5/c1-17(2,3)23-15(20)14-9-13(19)10-18(14)16(21)22-11-12-7-5-4-6-8-12/h4-8,13-14,19H,9-11H2,1-3H3/t13-,14-/m0/s1. The van der Waals surface area contributed by atoms with Gasteiger partial charge in [0.1, 0.15) is 18.2 Å². The molecule has 1 heterocycles. The number of β-amino-alcohol motifs (C(OH)–C–C–N with tert-alkyl or cyclic N) is 1. The van der Waals surface area contributed by atoms with E-state index in [1.165, 1.54) is 4.90 Å². The molecule has 0 spiro atoms. The Morgan fingerprint density at radius 1 is 1.26 bits per heavy atom. The number of rotatable bonds is 3. The van der Waals surface area contributed by atoms with Crippen molar-refractivity contribution in [2.45, 2.75) is 51.5 Å². The highest BCUT2D eigenvalue weighted by Crippen LogP contribution is 2.22. The summed E-state index contributed by atoms with van der Waals surface area (Å²) in [5.41, 5.74) is 0.207. The average molecular weight is 321 g/mol. The number of hydrogen-bond acceptors (Lipinski definition) is 5. The number of likely N-dealkylation sites (tertiary alicyclic amines) is 1. The Balaban J connectivity index is 1.98. The summed E-state index contributed by atoms with van der Waals surface area (Å²) < 4.78 is 10.6. The summed E-state index contributed by atoms with van der Waals surface area (Å²) in [7, 11) is 0. The van der Waals surface area contributed by atoms with Crippen LogP contribution in [0.2, 0.25) is 0 Å². The number of aliphatic hydroxyl groups is 1. The molecule has 1 aliphatic heterocycles. The third kappa shape index (κ3) is 4.96. The van der Waals surface area contributed by atoms with Crippen LogP contribution in [0.4, 0.5) is 4.79 Å². The zero-order chi connectivity index (χ0) is 17.0. The fourth-order valence-electron chi connectivity index (χ4n) is 2.41. The predicted octanol–water partition coefficient (Wildman–Crippen LogP) is 2.10. The normalized spacial score (nSPS) is 21.1. The Hall–Kier alpha value is -2.08. The first-order valence-electron chi connectivity index (χ1n) is 7.64. The van der Waals surface area contributed by atoms with Crippen molar-refractivity contribution in [1.82, 2.24) is 4.90 Å². The van der Waals surface area contributed by atoms with Gasteiger partial charge >= 0.3 is 12.1 Å². The quantitative estimate of drug-likeness (QED) is 0.863. The number of hydrogen-bond donors (Lipinski definition) is 1. The molecule has 0 unspecified atom stereocenters. The zero-order valence-electron chi connectivity index (χ0n) is 13.7. The summed E-state index contributed by atoms with van der Waals surface area (Å²) >= 11 is 0. The lowest BCUT2D eigenvalue weighted by atomic mass is 10.1. The molecule has 0 bridgehead atoms. The molecule has 0 aliphatic carbocycles. The maximum atomic E-state index is 12.2. The summed E-state index contributed by atoms with van der Waals surface area (Å²) in [4.78, 5) is 25.7. The zero-order valence-corrected chi connectivity index (χ0v) is 13.7. The number of esters is 1. The van der Waals surface area contributed by atoms with Crippen molar-refractivity contribution in [2.75, 3.05) is 6.54 Å². The maximum absolute atomic E-state index is 12.2. The van der Waals surface area contributed by atoms with Crippen LogP contribution in [-0.2, 0) is 20.9 Å². The van der Waals surface area contributed by atoms with Gasteiger partial charge in [-0.2, -0.15) is 0 Å². The van der Waals surface area contributed by atoms with E-state index in [0.717, 1.165) is 5.56 Å². The molecule has 1 amide bonds. The molecule has 6 nitrogen and oxygen atoms in total. The van der Waals surface area contributed by atoms with Crippen LogP contribution in [0.5, 0.6) is 0 Å². The predicted molar refractivity (Wildman–Crippen MR) is 83.6 cm³/mol. The van der Waals surface area contributed by atoms with Gasteiger partial charge in [0.05, 0.1) is 12.6 Å². The first kappa shape index (κ1) is 17.3. The van der Waals surface area contributed by atoms with E-state index in [1.807, 2.05) is 30.3 Å². The van der Waals surface area contributed by atoms with Crippen LogP contribution in [0.15, 0.2) is 30.3 Å². The van der Waals surface area contributed by atoms with Gasteiger partial charge in [0, 0.05) is 6.42 Å². The van der Waals surface area contributed by atoms with Crippen molar-refractivity contribution < 1.29 is 24.2 Å². The number of benzene rings is 1. The molecule has 6 heteroatoms. The molecular weight excluding hydrogens is 298 g/mol. The van der Waals surface area contributed by atoms with E-state index in [1.54, 1.807) is 20.8 Å². The van der Waals surface area contributed by atoms with Gasteiger partial charge in [-0.3, -0.25) is 4.90 Å². The molecule has 2 atom stereocenters. The molecule has 126 valence electrons. The second-order valence-electron chi connectivity index (χ2n) is 6.63. The van der Waals surface area contributed by atoms with E-state index in [-0.39, 0.29) is 19.6 Å². The molecule has 0 aromatic heterocycles. The van der Waals surface area contributed by atoms with Crippen molar-refractivity contribution >= 4 is 12.1 Å². The second-order valence-corrected chi connectivity index (χ2v) is 6.63. The van der Waals surface area contributed by atoms with Crippen LogP contribution in [0.25, 0.3) is 0 Å². The van der Waals surface area contributed by atoms with Gasteiger partial charge in [-0.1, -0.05) is 30.3 Å². The molecule has 2 rings (SSSR count). The minimum absolute atomic E-state index is 0.0670. The van der Waals surface area contributed by atoms with Crippen LogP contribution >= 0.6 is 0 Å². The van der Waals surface area contributed by atoms with Gasteiger partial charge in [0.25, 0.3) is 0 Å². The van der Waals surface area contributed by atoms with Crippen LogP contribution in [0.1, 0.15) is 32.8 Å². The Morgan fingerprint density at radius 2 is 1.91 bits per heavy atom. The SMILES string of the molecule is CC(C)(C)OC(=O)[C@@H]1C[C@H](O)CN1C(=O)OCc1ccccc1. The van der Waals surface area contributed by atoms with E-state index >= 15 is 0 Å². The monoisotopic (exact) mass is 321 g/mol. The Morgan fingerprint density at radius 3 is 2.52 bits per heavy atom.